The van der Waals surface area contributed by atoms with Gasteiger partial charge in [0.15, 0.2) is 0 Å². The lowest BCUT2D eigenvalue weighted by atomic mass is 10.2. The van der Waals surface area contributed by atoms with Crippen LogP contribution in [0.15, 0.2) is 64.0 Å². The lowest BCUT2D eigenvalue weighted by Gasteiger charge is -2.00. The van der Waals surface area contributed by atoms with Crippen LogP contribution in [0.3, 0.4) is 0 Å². The van der Waals surface area contributed by atoms with Crippen molar-refractivity contribution in [3.8, 4) is 11.3 Å². The molecule has 0 fully saturated rings. The van der Waals surface area contributed by atoms with Crippen molar-refractivity contribution in [2.75, 3.05) is 0 Å². The van der Waals surface area contributed by atoms with Gasteiger partial charge in [-0.15, -0.1) is 0 Å². The van der Waals surface area contributed by atoms with Gasteiger partial charge in [0.05, 0.1) is 22.3 Å². The summed E-state index contributed by atoms with van der Waals surface area (Å²) in [6.07, 6.45) is 1.62. The molecule has 2 aromatic heterocycles. The molecule has 118 valence electrons. The summed E-state index contributed by atoms with van der Waals surface area (Å²) in [5.41, 5.74) is 2.60. The van der Waals surface area contributed by atoms with Crippen LogP contribution in [-0.4, -0.2) is 16.2 Å². The molecule has 0 saturated heterocycles. The van der Waals surface area contributed by atoms with Gasteiger partial charge in [0.2, 0.25) is 5.95 Å². The Balaban J connectivity index is 1.60. The van der Waals surface area contributed by atoms with Gasteiger partial charge >= 0.3 is 0 Å². The Hall–Kier alpha value is -2.56. The Morgan fingerprint density at radius 3 is 2.75 bits per heavy atom. The molecule has 0 radical (unpaired) electrons. The SMILES string of the molecule is Clc1ccc(-c2ccc(/C=N/c3nc4ccccc4[nH]3)o2)c(Cl)c1. The summed E-state index contributed by atoms with van der Waals surface area (Å²) in [4.78, 5) is 11.8. The number of H-pyrrole nitrogens is 1. The molecule has 2 heterocycles. The van der Waals surface area contributed by atoms with Gasteiger partial charge < -0.3 is 9.40 Å². The largest absolute Gasteiger partial charge is 0.455 e. The first-order valence-corrected chi connectivity index (χ1v) is 7.99. The Labute approximate surface area is 147 Å². The van der Waals surface area contributed by atoms with Gasteiger partial charge in [0.25, 0.3) is 0 Å². The molecule has 0 saturated carbocycles. The molecule has 6 heteroatoms. The van der Waals surface area contributed by atoms with E-state index >= 15 is 0 Å². The third-order valence-electron chi connectivity index (χ3n) is 3.51. The van der Waals surface area contributed by atoms with Crippen molar-refractivity contribution in [1.29, 1.82) is 0 Å². The first-order chi connectivity index (χ1) is 11.7. The second-order valence-electron chi connectivity index (χ2n) is 5.16. The molecule has 0 atom stereocenters. The number of hydrogen-bond donors (Lipinski definition) is 1. The van der Waals surface area contributed by atoms with Crippen molar-refractivity contribution >= 4 is 46.4 Å². The molecule has 0 spiro atoms. The summed E-state index contributed by atoms with van der Waals surface area (Å²) in [5.74, 6) is 1.79. The van der Waals surface area contributed by atoms with Crippen LogP contribution in [0.2, 0.25) is 10.0 Å². The zero-order valence-corrected chi connectivity index (χ0v) is 13.8. The smallest absolute Gasteiger partial charge is 0.227 e. The number of aliphatic imine (C=N–C) groups is 1. The fourth-order valence-corrected chi connectivity index (χ4v) is 2.88. The van der Waals surface area contributed by atoms with E-state index in [4.69, 9.17) is 27.6 Å². The summed E-state index contributed by atoms with van der Waals surface area (Å²) < 4.78 is 5.77. The predicted molar refractivity (Wildman–Crippen MR) is 97.5 cm³/mol. The predicted octanol–water partition coefficient (Wildman–Crippen LogP) is 5.88. The van der Waals surface area contributed by atoms with Crippen LogP contribution in [0.5, 0.6) is 0 Å². The van der Waals surface area contributed by atoms with Crippen LogP contribution in [0.25, 0.3) is 22.4 Å². The summed E-state index contributed by atoms with van der Waals surface area (Å²) in [7, 11) is 0. The molecule has 1 N–H and O–H groups in total. The Morgan fingerprint density at radius 2 is 1.92 bits per heavy atom. The number of para-hydroxylation sites is 2. The molecule has 2 aromatic carbocycles. The number of benzene rings is 2. The molecular weight excluding hydrogens is 345 g/mol. The molecule has 0 aliphatic rings. The lowest BCUT2D eigenvalue weighted by molar-refractivity contribution is 0.575. The van der Waals surface area contributed by atoms with Gasteiger partial charge in [-0.25, -0.2) is 9.98 Å². The number of furan rings is 1. The van der Waals surface area contributed by atoms with Crippen LogP contribution >= 0.6 is 23.2 Å². The Bertz CT molecular complexity index is 1020. The lowest BCUT2D eigenvalue weighted by Crippen LogP contribution is -1.77. The standard InChI is InChI=1S/C18H11Cl2N3O/c19-11-5-7-13(14(20)9-11)17-8-6-12(24-17)10-21-18-22-15-3-1-2-4-16(15)23-18/h1-10H,(H,22,23)/b21-10+. The second-order valence-corrected chi connectivity index (χ2v) is 6.01. The maximum absolute atomic E-state index is 6.20. The van der Waals surface area contributed by atoms with E-state index in [0.29, 0.717) is 27.5 Å². The van der Waals surface area contributed by atoms with Gasteiger partial charge in [0, 0.05) is 10.6 Å². The number of nitrogens with one attached hydrogen (secondary N) is 1. The summed E-state index contributed by atoms with van der Waals surface area (Å²) in [5, 5.41) is 1.12. The zero-order valence-electron chi connectivity index (χ0n) is 12.3. The third kappa shape index (κ3) is 2.94. The highest BCUT2D eigenvalue weighted by Gasteiger charge is 2.08. The average Bonchev–Trinajstić information content (AvgIpc) is 3.19. The van der Waals surface area contributed by atoms with E-state index < -0.39 is 0 Å². The van der Waals surface area contributed by atoms with E-state index in [9.17, 15) is 0 Å². The minimum Gasteiger partial charge on any atom is -0.455 e. The van der Waals surface area contributed by atoms with Gasteiger partial charge in [-0.1, -0.05) is 35.3 Å². The maximum Gasteiger partial charge on any atom is 0.227 e. The number of hydrogen-bond acceptors (Lipinski definition) is 3. The third-order valence-corrected chi connectivity index (χ3v) is 4.06. The van der Waals surface area contributed by atoms with E-state index in [1.165, 1.54) is 0 Å². The minimum atomic E-state index is 0.527. The number of aromatic amines is 1. The zero-order chi connectivity index (χ0) is 16.5. The average molecular weight is 356 g/mol. The molecule has 0 aliphatic heterocycles. The second kappa shape index (κ2) is 6.15. The minimum absolute atomic E-state index is 0.527. The fourth-order valence-electron chi connectivity index (χ4n) is 2.38. The molecule has 4 rings (SSSR count). The highest BCUT2D eigenvalue weighted by Crippen LogP contribution is 2.31. The van der Waals surface area contributed by atoms with Gasteiger partial charge in [-0.05, 0) is 42.5 Å². The van der Waals surface area contributed by atoms with Crippen molar-refractivity contribution in [2.24, 2.45) is 4.99 Å². The maximum atomic E-state index is 6.20. The highest BCUT2D eigenvalue weighted by molar-refractivity contribution is 6.36. The van der Waals surface area contributed by atoms with Crippen LogP contribution in [0.1, 0.15) is 5.76 Å². The Morgan fingerprint density at radius 1 is 1.04 bits per heavy atom. The van der Waals surface area contributed by atoms with Crippen LogP contribution < -0.4 is 0 Å². The number of rotatable bonds is 3. The summed E-state index contributed by atoms with van der Waals surface area (Å²) in [6.45, 7) is 0. The van der Waals surface area contributed by atoms with Gasteiger partial charge in [-0.2, -0.15) is 0 Å². The summed E-state index contributed by atoms with van der Waals surface area (Å²) in [6, 6.07) is 16.7. The monoisotopic (exact) mass is 355 g/mol. The van der Waals surface area contributed by atoms with Crippen molar-refractivity contribution in [3.63, 3.8) is 0 Å². The van der Waals surface area contributed by atoms with E-state index in [1.807, 2.05) is 42.5 Å². The quantitative estimate of drug-likeness (QED) is 0.466. The number of nitrogens with zero attached hydrogens (tertiary/aromatic N) is 2. The number of aromatic nitrogens is 2. The van der Waals surface area contributed by atoms with Crippen LogP contribution in [0.4, 0.5) is 5.95 Å². The fraction of sp³-hybridized carbons (Fsp3) is 0. The molecular formula is C18H11Cl2N3O. The number of imidazole rings is 1. The van der Waals surface area contributed by atoms with E-state index in [1.54, 1.807) is 18.3 Å². The van der Waals surface area contributed by atoms with Crippen molar-refractivity contribution in [2.45, 2.75) is 0 Å². The normalized spacial score (nSPS) is 11.6. The van der Waals surface area contributed by atoms with Gasteiger partial charge in [0.1, 0.15) is 11.5 Å². The molecule has 0 unspecified atom stereocenters. The molecule has 0 amide bonds. The number of halogens is 2. The molecule has 4 nitrogen and oxygen atoms in total. The first kappa shape index (κ1) is 15.0. The first-order valence-electron chi connectivity index (χ1n) is 7.23. The Kier molecular flexibility index (Phi) is 3.84. The van der Waals surface area contributed by atoms with Crippen LogP contribution in [-0.2, 0) is 0 Å². The van der Waals surface area contributed by atoms with Crippen LogP contribution in [0, 0.1) is 0 Å². The molecule has 4 aromatic rings. The molecule has 0 bridgehead atoms. The molecule has 0 aliphatic carbocycles. The van der Waals surface area contributed by atoms with E-state index in [0.717, 1.165) is 16.6 Å². The highest BCUT2D eigenvalue weighted by atomic mass is 35.5. The van der Waals surface area contributed by atoms with E-state index in [2.05, 4.69) is 15.0 Å². The topological polar surface area (TPSA) is 54.2 Å². The van der Waals surface area contributed by atoms with Crippen molar-refractivity contribution < 1.29 is 4.42 Å². The van der Waals surface area contributed by atoms with Crippen molar-refractivity contribution in [1.82, 2.24) is 9.97 Å². The molecule has 24 heavy (non-hydrogen) atoms. The summed E-state index contributed by atoms with van der Waals surface area (Å²) >= 11 is 12.1. The van der Waals surface area contributed by atoms with Crippen molar-refractivity contribution in [3.05, 3.63) is 70.4 Å². The van der Waals surface area contributed by atoms with E-state index in [-0.39, 0.29) is 0 Å². The van der Waals surface area contributed by atoms with Gasteiger partial charge in [-0.3, -0.25) is 0 Å². The number of fused-ring (bicyclic) bond motifs is 1.